The van der Waals surface area contributed by atoms with Gasteiger partial charge in [-0.2, -0.15) is 4.98 Å². The highest BCUT2D eigenvalue weighted by Gasteiger charge is 2.20. The minimum Gasteiger partial charge on any atom is -0.438 e. The fraction of sp³-hybridized carbons (Fsp3) is 0. The summed E-state index contributed by atoms with van der Waals surface area (Å²) in [5.41, 5.74) is 7.72. The molecule has 4 heteroatoms. The van der Waals surface area contributed by atoms with Crippen LogP contribution >= 0.6 is 0 Å². The Morgan fingerprint density at radius 1 is 0.500 bits per heavy atom. The molecule has 0 atom stereocenters. The molecule has 0 amide bonds. The molecule has 0 unspecified atom stereocenters. The van der Waals surface area contributed by atoms with Gasteiger partial charge in [-0.3, -0.25) is 0 Å². The van der Waals surface area contributed by atoms with E-state index in [1.165, 1.54) is 16.3 Å². The molecule has 42 heavy (non-hydrogen) atoms. The summed E-state index contributed by atoms with van der Waals surface area (Å²) in [5.74, 6) is 0.647. The van der Waals surface area contributed by atoms with Crippen LogP contribution in [0.25, 0.3) is 83.0 Å². The largest absolute Gasteiger partial charge is 0.438 e. The van der Waals surface area contributed by atoms with E-state index in [2.05, 4.69) is 114 Å². The van der Waals surface area contributed by atoms with E-state index in [0.29, 0.717) is 11.5 Å². The van der Waals surface area contributed by atoms with E-state index in [1.54, 1.807) is 0 Å². The van der Waals surface area contributed by atoms with Crippen molar-refractivity contribution in [3.63, 3.8) is 0 Å². The Hall–Kier alpha value is -5.74. The van der Waals surface area contributed by atoms with Crippen molar-refractivity contribution in [2.75, 3.05) is 0 Å². The van der Waals surface area contributed by atoms with Crippen LogP contribution in [-0.2, 0) is 0 Å². The van der Waals surface area contributed by atoms with Gasteiger partial charge >= 0.3 is 0 Å². The maximum absolute atomic E-state index is 6.45. The summed E-state index contributed by atoms with van der Waals surface area (Å²) in [6, 6.07) is 48.6. The zero-order valence-electron chi connectivity index (χ0n) is 22.5. The smallest absolute Gasteiger partial charge is 0.231 e. The highest BCUT2D eigenvalue weighted by atomic mass is 16.3. The van der Waals surface area contributed by atoms with Gasteiger partial charge in [0.25, 0.3) is 0 Å². The van der Waals surface area contributed by atoms with Crippen molar-refractivity contribution in [2.24, 2.45) is 0 Å². The molecule has 0 radical (unpaired) electrons. The summed E-state index contributed by atoms with van der Waals surface area (Å²) >= 11 is 0. The normalized spacial score (nSPS) is 11.8. The maximum atomic E-state index is 6.45. The van der Waals surface area contributed by atoms with E-state index >= 15 is 0 Å². The van der Waals surface area contributed by atoms with Crippen LogP contribution in [0.1, 0.15) is 0 Å². The molecule has 9 rings (SSSR count). The van der Waals surface area contributed by atoms with E-state index in [9.17, 15) is 0 Å². The third-order valence-corrected chi connectivity index (χ3v) is 8.19. The first-order valence-corrected chi connectivity index (χ1v) is 14.1. The van der Waals surface area contributed by atoms with Crippen molar-refractivity contribution in [2.45, 2.75) is 0 Å². The van der Waals surface area contributed by atoms with Gasteiger partial charge in [0.1, 0.15) is 5.58 Å². The number of fused-ring (bicyclic) bond motifs is 7. The average molecular weight is 538 g/mol. The van der Waals surface area contributed by atoms with Crippen LogP contribution in [-0.4, -0.2) is 14.5 Å². The zero-order valence-corrected chi connectivity index (χ0v) is 22.5. The monoisotopic (exact) mass is 537 g/mol. The molecule has 4 nitrogen and oxygen atoms in total. The highest BCUT2D eigenvalue weighted by molar-refractivity contribution is 6.16. The van der Waals surface area contributed by atoms with Crippen molar-refractivity contribution in [3.8, 4) is 28.3 Å². The topological polar surface area (TPSA) is 43.9 Å². The van der Waals surface area contributed by atoms with Crippen molar-refractivity contribution in [1.29, 1.82) is 0 Å². The number of nitrogens with zero attached hydrogens (tertiary/aromatic N) is 3. The average Bonchev–Trinajstić information content (AvgIpc) is 3.58. The number of para-hydroxylation sites is 2. The summed E-state index contributed by atoms with van der Waals surface area (Å²) in [5, 5.41) is 6.63. The van der Waals surface area contributed by atoms with Gasteiger partial charge in [-0.25, -0.2) is 4.98 Å². The highest BCUT2D eigenvalue weighted by Crippen LogP contribution is 2.40. The van der Waals surface area contributed by atoms with Gasteiger partial charge in [-0.15, -0.1) is 0 Å². The van der Waals surface area contributed by atoms with Crippen LogP contribution in [0, 0.1) is 0 Å². The third kappa shape index (κ3) is 3.42. The third-order valence-electron chi connectivity index (χ3n) is 8.19. The second-order valence-electron chi connectivity index (χ2n) is 10.7. The van der Waals surface area contributed by atoms with Crippen LogP contribution in [0.3, 0.4) is 0 Å². The Morgan fingerprint density at radius 3 is 2.02 bits per heavy atom. The maximum Gasteiger partial charge on any atom is 0.231 e. The number of benzene rings is 6. The van der Waals surface area contributed by atoms with Gasteiger partial charge < -0.3 is 8.98 Å². The first kappa shape index (κ1) is 23.0. The lowest BCUT2D eigenvalue weighted by atomic mass is 10.0. The Balaban J connectivity index is 1.37. The summed E-state index contributed by atoms with van der Waals surface area (Å²) in [4.78, 5) is 10.2. The van der Waals surface area contributed by atoms with Crippen molar-refractivity contribution < 1.29 is 4.42 Å². The standard InChI is InChI=1S/C38H23N3O/c1-3-11-24(12-4-1)37-39-36(35-31-21-25-13-7-8-14-26(25)23-34(31)42-38(35)40-37)27-19-20-33-30(22-27)29-17-9-10-18-32(29)41(33)28-15-5-2-6-16-28/h1-23H. The van der Waals surface area contributed by atoms with Gasteiger partial charge in [-0.05, 0) is 53.2 Å². The quantitative estimate of drug-likeness (QED) is 0.225. The van der Waals surface area contributed by atoms with Crippen LogP contribution in [0.4, 0.5) is 0 Å². The molecule has 196 valence electrons. The summed E-state index contributed by atoms with van der Waals surface area (Å²) < 4.78 is 8.78. The number of aromatic nitrogens is 3. The van der Waals surface area contributed by atoms with Gasteiger partial charge in [0.2, 0.25) is 5.71 Å². The molecule has 0 aliphatic heterocycles. The first-order valence-electron chi connectivity index (χ1n) is 14.1. The Bertz CT molecular complexity index is 2460. The summed E-state index contributed by atoms with van der Waals surface area (Å²) in [7, 11) is 0. The van der Waals surface area contributed by atoms with Crippen LogP contribution in [0.5, 0.6) is 0 Å². The second-order valence-corrected chi connectivity index (χ2v) is 10.7. The van der Waals surface area contributed by atoms with Crippen molar-refractivity contribution in [1.82, 2.24) is 14.5 Å². The predicted octanol–water partition coefficient (Wildman–Crippen LogP) is 9.96. The number of hydrogen-bond acceptors (Lipinski definition) is 3. The van der Waals surface area contributed by atoms with E-state index < -0.39 is 0 Å². The van der Waals surface area contributed by atoms with E-state index in [4.69, 9.17) is 14.4 Å². The van der Waals surface area contributed by atoms with E-state index in [0.717, 1.165) is 55.2 Å². The molecular weight excluding hydrogens is 514 g/mol. The van der Waals surface area contributed by atoms with E-state index in [-0.39, 0.29) is 0 Å². The molecular formula is C38H23N3O. The Kier molecular flexibility index (Phi) is 4.87. The Morgan fingerprint density at radius 2 is 1.19 bits per heavy atom. The van der Waals surface area contributed by atoms with Gasteiger partial charge in [-0.1, -0.05) is 97.1 Å². The fourth-order valence-corrected chi connectivity index (χ4v) is 6.26. The van der Waals surface area contributed by atoms with Gasteiger partial charge in [0.15, 0.2) is 5.82 Å². The van der Waals surface area contributed by atoms with Gasteiger partial charge in [0.05, 0.1) is 22.1 Å². The summed E-state index contributed by atoms with van der Waals surface area (Å²) in [6.07, 6.45) is 0. The Labute approximate surface area is 241 Å². The lowest BCUT2D eigenvalue weighted by Crippen LogP contribution is -1.95. The molecule has 6 aromatic carbocycles. The van der Waals surface area contributed by atoms with E-state index in [1.807, 2.05) is 30.3 Å². The molecule has 0 aliphatic rings. The van der Waals surface area contributed by atoms with Crippen molar-refractivity contribution in [3.05, 3.63) is 140 Å². The van der Waals surface area contributed by atoms with Crippen LogP contribution in [0.15, 0.2) is 144 Å². The number of rotatable bonds is 3. The summed E-state index contributed by atoms with van der Waals surface area (Å²) in [6.45, 7) is 0. The minimum atomic E-state index is 0.593. The first-order chi connectivity index (χ1) is 20.8. The zero-order chi connectivity index (χ0) is 27.6. The molecule has 0 aliphatic carbocycles. The molecule has 0 spiro atoms. The molecule has 0 saturated carbocycles. The predicted molar refractivity (Wildman–Crippen MR) is 172 cm³/mol. The lowest BCUT2D eigenvalue weighted by molar-refractivity contribution is 0.654. The second kappa shape index (κ2) is 8.88. The van der Waals surface area contributed by atoms with Crippen LogP contribution < -0.4 is 0 Å². The number of hydrogen-bond donors (Lipinski definition) is 0. The molecule has 3 heterocycles. The molecule has 0 fully saturated rings. The van der Waals surface area contributed by atoms with Crippen LogP contribution in [0.2, 0.25) is 0 Å². The molecule has 0 bridgehead atoms. The molecule has 9 aromatic rings. The van der Waals surface area contributed by atoms with Gasteiger partial charge in [0, 0.05) is 33.0 Å². The fourth-order valence-electron chi connectivity index (χ4n) is 6.26. The SMILES string of the molecule is c1ccc(-c2nc(-c3ccc4c(c3)c3ccccc3n4-c3ccccc3)c3c(n2)oc2cc4ccccc4cc23)cc1. The molecule has 0 N–H and O–H groups in total. The molecule has 0 saturated heterocycles. The molecule has 3 aromatic heterocycles. The number of furan rings is 1. The van der Waals surface area contributed by atoms with Crippen molar-refractivity contribution >= 4 is 54.6 Å². The lowest BCUT2D eigenvalue weighted by Gasteiger charge is -2.09. The minimum absolute atomic E-state index is 0.593.